The highest BCUT2D eigenvalue weighted by atomic mass is 35.5. The van der Waals surface area contributed by atoms with Gasteiger partial charge in [-0.25, -0.2) is 14.2 Å². The highest BCUT2D eigenvalue weighted by Gasteiger charge is 2.41. The third-order valence-corrected chi connectivity index (χ3v) is 13.2. The van der Waals surface area contributed by atoms with Gasteiger partial charge in [0.25, 0.3) is 0 Å². The molecular formula is C48H70ClF3N16O8. The molecule has 418 valence electrons. The number of phenolic OH excluding ortho intramolecular Hbond substituents is 1. The molecule has 0 radical (unpaired) electrons. The van der Waals surface area contributed by atoms with Crippen LogP contribution in [0.25, 0.3) is 0 Å². The van der Waals surface area contributed by atoms with E-state index in [-0.39, 0.29) is 60.1 Å². The van der Waals surface area contributed by atoms with E-state index in [1.165, 1.54) is 10.9 Å². The third-order valence-electron chi connectivity index (χ3n) is 13.2. The first kappa shape index (κ1) is 60.4. The number of nitrogens with two attached hydrogens (primary N) is 2. The van der Waals surface area contributed by atoms with E-state index < -0.39 is 36.9 Å². The SMILES string of the molecule is C#CCOCCOCCOCCNc1nc(N2CCN(C(=O)C([C@@H](C)CC)n3cc(C(N)COC(=O)C(F)(F)F)nn3)CC2)nc(N2CCN(C(=O)[C@H](Cc3ccc(O)cc3)n3cc(C(N)[C@H](C)CC)nn3)CC2)n1.Cl. The van der Waals surface area contributed by atoms with Crippen LogP contribution in [0.3, 0.4) is 0 Å². The van der Waals surface area contributed by atoms with Gasteiger partial charge in [-0.15, -0.1) is 29.0 Å². The van der Waals surface area contributed by atoms with E-state index in [1.54, 1.807) is 44.9 Å². The Kier molecular flexibility index (Phi) is 23.2. The number of piperazine rings is 2. The molecule has 2 aliphatic rings. The van der Waals surface area contributed by atoms with Crippen LogP contribution in [0.15, 0.2) is 36.7 Å². The van der Waals surface area contributed by atoms with Gasteiger partial charge in [-0.1, -0.05) is 69.0 Å². The maximum atomic E-state index is 14.5. The number of ether oxygens (including phenoxy) is 4. The third kappa shape index (κ3) is 16.8. The van der Waals surface area contributed by atoms with Crippen molar-refractivity contribution in [1.29, 1.82) is 0 Å². The Morgan fingerprint density at radius 1 is 0.763 bits per heavy atom. The Hall–Kier alpha value is -6.44. The Morgan fingerprint density at radius 3 is 1.88 bits per heavy atom. The summed E-state index contributed by atoms with van der Waals surface area (Å²) < 4.78 is 61.9. The smallest absolute Gasteiger partial charge is 0.490 e. The second kappa shape index (κ2) is 29.2. The Morgan fingerprint density at radius 2 is 1.30 bits per heavy atom. The number of nitrogens with zero attached hydrogens (tertiary/aromatic N) is 13. The van der Waals surface area contributed by atoms with Gasteiger partial charge in [0.15, 0.2) is 0 Å². The van der Waals surface area contributed by atoms with Crippen molar-refractivity contribution in [1.82, 2.24) is 54.7 Å². The monoisotopic (exact) mass is 1090 g/mol. The zero-order chi connectivity index (χ0) is 54.1. The molecule has 2 saturated heterocycles. The number of carbonyl (C=O) groups is 3. The summed E-state index contributed by atoms with van der Waals surface area (Å²) in [6, 6.07) is 3.59. The van der Waals surface area contributed by atoms with Crippen LogP contribution < -0.4 is 26.6 Å². The molecule has 4 aromatic rings. The second-order valence-electron chi connectivity index (χ2n) is 18.4. The number of hydrogen-bond donors (Lipinski definition) is 4. The lowest BCUT2D eigenvalue weighted by Gasteiger charge is -2.38. The van der Waals surface area contributed by atoms with Crippen molar-refractivity contribution in [3.63, 3.8) is 0 Å². The lowest BCUT2D eigenvalue weighted by atomic mass is 9.97. The van der Waals surface area contributed by atoms with E-state index in [0.717, 1.165) is 12.0 Å². The molecule has 6 rings (SSSR count). The number of nitrogens with one attached hydrogen (secondary N) is 1. The fourth-order valence-electron chi connectivity index (χ4n) is 8.23. The molecule has 2 aliphatic heterocycles. The van der Waals surface area contributed by atoms with E-state index >= 15 is 0 Å². The van der Waals surface area contributed by atoms with Crippen molar-refractivity contribution < 1.29 is 51.6 Å². The number of benzene rings is 1. The van der Waals surface area contributed by atoms with Crippen LogP contribution in [-0.2, 0) is 39.8 Å². The Bertz CT molecular complexity index is 2480. The largest absolute Gasteiger partial charge is 0.508 e. The van der Waals surface area contributed by atoms with Gasteiger partial charge < -0.3 is 60.4 Å². The number of esters is 1. The topological polar surface area (TPSA) is 285 Å². The average molecular weight is 1090 g/mol. The minimum atomic E-state index is -5.18. The van der Waals surface area contributed by atoms with Crippen molar-refractivity contribution in [3.05, 3.63) is 53.6 Å². The van der Waals surface area contributed by atoms with E-state index in [0.29, 0.717) is 128 Å². The number of alkyl halides is 3. The van der Waals surface area contributed by atoms with Crippen molar-refractivity contribution >= 4 is 48.0 Å². The van der Waals surface area contributed by atoms with Gasteiger partial charge in [0.2, 0.25) is 29.7 Å². The number of aromatic nitrogens is 9. The molecule has 2 amide bonds. The van der Waals surface area contributed by atoms with Gasteiger partial charge in [-0.2, -0.15) is 28.1 Å². The molecule has 6 N–H and O–H groups in total. The zero-order valence-corrected chi connectivity index (χ0v) is 44.1. The standard InChI is InChI=1S/C48H69F3N16O8.ClH/c1-6-22-72-24-26-74-27-25-73-23-13-54-45-55-46(64-18-14-62(15-19-64)42(69)39(28-34-9-11-35(68)12-10-34)66-30-38(59-60-66)40(53)32(4)7-2)57-47(56-45)65-20-16-63(17-21-65)43(70)41(33(5)8-3)67-29-37(58-61-67)36(52)31-75-44(71)48(49,50)51;/h1,9-12,29-30,32-33,36,39-41,68H,7-8,13-28,31,52-53H2,2-5H3,(H,54,55,56,57);1H/t32-,33+,36?,39+,40?,41?;/m1./s1. The molecule has 2 fully saturated rings. The summed E-state index contributed by atoms with van der Waals surface area (Å²) in [7, 11) is 0. The molecule has 5 heterocycles. The Balaban J connectivity index is 0.0000107. The number of hydrogen-bond acceptors (Lipinski definition) is 20. The molecule has 6 atom stereocenters. The first-order valence-electron chi connectivity index (χ1n) is 25.1. The number of carbonyl (C=O) groups excluding carboxylic acids is 3. The summed E-state index contributed by atoms with van der Waals surface area (Å²) in [5.74, 6) is 0.740. The summed E-state index contributed by atoms with van der Waals surface area (Å²) in [5, 5.41) is 30.1. The highest BCUT2D eigenvalue weighted by molar-refractivity contribution is 5.85. The summed E-state index contributed by atoms with van der Waals surface area (Å²) >= 11 is 0. The van der Waals surface area contributed by atoms with Crippen LogP contribution in [0.2, 0.25) is 0 Å². The van der Waals surface area contributed by atoms with Gasteiger partial charge in [0.1, 0.15) is 36.7 Å². The molecule has 0 bridgehead atoms. The minimum Gasteiger partial charge on any atom is -0.508 e. The molecular weight excluding hydrogens is 1020 g/mol. The molecule has 24 nitrogen and oxygen atoms in total. The number of rotatable bonds is 27. The Labute approximate surface area is 445 Å². The van der Waals surface area contributed by atoms with E-state index in [9.17, 15) is 32.7 Å². The lowest BCUT2D eigenvalue weighted by molar-refractivity contribution is -0.200. The number of halogens is 4. The summed E-state index contributed by atoms with van der Waals surface area (Å²) in [4.78, 5) is 62.0. The van der Waals surface area contributed by atoms with Gasteiger partial charge in [0.05, 0.1) is 63.2 Å². The molecule has 28 heteroatoms. The first-order valence-corrected chi connectivity index (χ1v) is 25.1. The number of aromatic hydroxyl groups is 1. The number of terminal acetylenes is 1. The molecule has 0 spiro atoms. The summed E-state index contributed by atoms with van der Waals surface area (Å²) in [6.07, 6.45) is 4.90. The average Bonchev–Trinajstić information content (AvgIpc) is 4.13. The van der Waals surface area contributed by atoms with Crippen LogP contribution in [0.5, 0.6) is 5.75 Å². The highest BCUT2D eigenvalue weighted by Crippen LogP contribution is 2.28. The van der Waals surface area contributed by atoms with E-state index in [1.807, 2.05) is 30.6 Å². The fraction of sp³-hybridized carbons (Fsp3) is 0.625. The fourth-order valence-corrected chi connectivity index (χ4v) is 8.23. The van der Waals surface area contributed by atoms with E-state index in [4.69, 9.17) is 47.1 Å². The normalized spacial score (nSPS) is 16.5. The molecule has 3 aromatic heterocycles. The quantitative estimate of drug-likeness (QED) is 0.0379. The molecule has 1 aromatic carbocycles. The van der Waals surface area contributed by atoms with Crippen molar-refractivity contribution in [2.45, 2.75) is 77.3 Å². The van der Waals surface area contributed by atoms with Crippen molar-refractivity contribution in [3.8, 4) is 18.1 Å². The summed E-state index contributed by atoms with van der Waals surface area (Å²) in [5.41, 5.74) is 14.0. The first-order chi connectivity index (χ1) is 36.0. The molecule has 76 heavy (non-hydrogen) atoms. The van der Waals surface area contributed by atoms with Crippen LogP contribution in [0.1, 0.15) is 81.7 Å². The van der Waals surface area contributed by atoms with Crippen molar-refractivity contribution in [2.24, 2.45) is 23.3 Å². The van der Waals surface area contributed by atoms with Gasteiger partial charge in [-0.3, -0.25) is 9.59 Å². The predicted molar refractivity (Wildman–Crippen MR) is 274 cm³/mol. The van der Waals surface area contributed by atoms with Crippen molar-refractivity contribution in [2.75, 3.05) is 120 Å². The number of anilines is 3. The van der Waals surface area contributed by atoms with Crippen LogP contribution in [-0.4, -0.2) is 189 Å². The maximum Gasteiger partial charge on any atom is 0.490 e. The van der Waals surface area contributed by atoms with Gasteiger partial charge in [0, 0.05) is 65.3 Å². The van der Waals surface area contributed by atoms with Crippen LogP contribution in [0.4, 0.5) is 31.0 Å². The zero-order valence-electron chi connectivity index (χ0n) is 43.3. The summed E-state index contributed by atoms with van der Waals surface area (Å²) in [6.45, 7) is 12.3. The van der Waals surface area contributed by atoms with Crippen LogP contribution in [0, 0.1) is 24.2 Å². The van der Waals surface area contributed by atoms with Gasteiger partial charge >= 0.3 is 12.1 Å². The minimum absolute atomic E-state index is 0. The number of phenols is 1. The lowest BCUT2D eigenvalue weighted by Crippen LogP contribution is -2.52. The van der Waals surface area contributed by atoms with Gasteiger partial charge in [-0.05, 0) is 29.5 Å². The molecule has 0 saturated carbocycles. The van der Waals surface area contributed by atoms with Crippen LogP contribution >= 0.6 is 12.4 Å². The second-order valence-corrected chi connectivity index (χ2v) is 18.4. The molecule has 0 aliphatic carbocycles. The maximum absolute atomic E-state index is 14.5. The predicted octanol–water partition coefficient (Wildman–Crippen LogP) is 2.50. The molecule has 3 unspecified atom stereocenters. The number of amides is 2. The van der Waals surface area contributed by atoms with E-state index in [2.05, 4.69) is 43.5 Å².